The van der Waals surface area contributed by atoms with Crippen molar-refractivity contribution in [1.82, 2.24) is 25.5 Å². The van der Waals surface area contributed by atoms with E-state index in [1.165, 1.54) is 11.0 Å². The second-order valence-electron chi connectivity index (χ2n) is 6.25. The SMILES string of the molecule is O=C(O[C@@H](C(=O)NC1CC1)c1ccccc1)c1ccccc1-n1cnnn1. The molecule has 1 aliphatic rings. The van der Waals surface area contributed by atoms with Crippen molar-refractivity contribution in [3.8, 4) is 5.69 Å². The lowest BCUT2D eigenvalue weighted by molar-refractivity contribution is -0.130. The van der Waals surface area contributed by atoms with E-state index < -0.39 is 12.1 Å². The highest BCUT2D eigenvalue weighted by atomic mass is 16.5. The molecule has 27 heavy (non-hydrogen) atoms. The third kappa shape index (κ3) is 3.84. The third-order valence-electron chi connectivity index (χ3n) is 4.21. The van der Waals surface area contributed by atoms with Gasteiger partial charge >= 0.3 is 5.97 Å². The van der Waals surface area contributed by atoms with Gasteiger partial charge in [0.2, 0.25) is 6.10 Å². The van der Waals surface area contributed by atoms with E-state index in [0.29, 0.717) is 11.3 Å². The number of hydrogen-bond donors (Lipinski definition) is 1. The molecule has 3 aromatic rings. The quantitative estimate of drug-likeness (QED) is 0.671. The lowest BCUT2D eigenvalue weighted by atomic mass is 10.1. The zero-order valence-corrected chi connectivity index (χ0v) is 14.4. The number of tetrazole rings is 1. The predicted molar refractivity (Wildman–Crippen MR) is 94.9 cm³/mol. The van der Waals surface area contributed by atoms with E-state index >= 15 is 0 Å². The molecule has 0 spiro atoms. The van der Waals surface area contributed by atoms with Crippen LogP contribution in [0.15, 0.2) is 60.9 Å². The molecule has 1 atom stereocenters. The Bertz CT molecular complexity index is 939. The number of ether oxygens (including phenoxy) is 1. The topological polar surface area (TPSA) is 99.0 Å². The normalized spacial score (nSPS) is 14.4. The molecule has 1 fully saturated rings. The first kappa shape index (κ1) is 16.9. The number of carbonyl (C=O) groups excluding carboxylic acids is 2. The number of carbonyl (C=O) groups is 2. The van der Waals surface area contributed by atoms with Crippen molar-refractivity contribution in [1.29, 1.82) is 0 Å². The number of benzene rings is 2. The van der Waals surface area contributed by atoms with Crippen LogP contribution in [-0.2, 0) is 9.53 Å². The minimum Gasteiger partial charge on any atom is -0.444 e. The number of nitrogens with zero attached hydrogens (tertiary/aromatic N) is 4. The molecule has 1 heterocycles. The molecule has 0 bridgehead atoms. The van der Waals surface area contributed by atoms with Crippen LogP contribution in [0.25, 0.3) is 5.69 Å². The first-order valence-electron chi connectivity index (χ1n) is 8.61. The highest BCUT2D eigenvalue weighted by Gasteiger charge is 2.31. The highest BCUT2D eigenvalue weighted by Crippen LogP contribution is 2.25. The van der Waals surface area contributed by atoms with Crippen LogP contribution in [0.1, 0.15) is 34.9 Å². The molecule has 1 amide bonds. The van der Waals surface area contributed by atoms with Crippen molar-refractivity contribution in [2.75, 3.05) is 0 Å². The molecule has 0 radical (unpaired) electrons. The van der Waals surface area contributed by atoms with Gasteiger partial charge in [0.15, 0.2) is 0 Å². The zero-order valence-electron chi connectivity index (χ0n) is 14.4. The van der Waals surface area contributed by atoms with Gasteiger partial charge in [-0.05, 0) is 35.4 Å². The van der Waals surface area contributed by atoms with Gasteiger partial charge in [-0.2, -0.15) is 4.68 Å². The summed E-state index contributed by atoms with van der Waals surface area (Å²) in [6.07, 6.45) is 2.26. The summed E-state index contributed by atoms with van der Waals surface area (Å²) < 4.78 is 6.99. The lowest BCUT2D eigenvalue weighted by Crippen LogP contribution is -2.33. The van der Waals surface area contributed by atoms with Crippen LogP contribution < -0.4 is 5.32 Å². The highest BCUT2D eigenvalue weighted by molar-refractivity contribution is 5.95. The number of rotatable bonds is 6. The molecule has 8 nitrogen and oxygen atoms in total. The molecule has 1 N–H and O–H groups in total. The molecule has 0 unspecified atom stereocenters. The Kier molecular flexibility index (Phi) is 4.61. The maximum atomic E-state index is 12.9. The molecular formula is C19H17N5O3. The van der Waals surface area contributed by atoms with E-state index in [2.05, 4.69) is 20.8 Å². The van der Waals surface area contributed by atoms with Gasteiger partial charge < -0.3 is 10.1 Å². The number of nitrogens with one attached hydrogen (secondary N) is 1. The average Bonchev–Trinajstić information content (AvgIpc) is 3.35. The Morgan fingerprint density at radius 2 is 1.81 bits per heavy atom. The fourth-order valence-corrected chi connectivity index (χ4v) is 2.69. The number of amides is 1. The Morgan fingerprint density at radius 1 is 1.07 bits per heavy atom. The molecule has 1 aromatic heterocycles. The average molecular weight is 363 g/mol. The maximum absolute atomic E-state index is 12.9. The van der Waals surface area contributed by atoms with Gasteiger partial charge in [-0.3, -0.25) is 4.79 Å². The van der Waals surface area contributed by atoms with E-state index in [-0.39, 0.29) is 17.5 Å². The van der Waals surface area contributed by atoms with Gasteiger partial charge in [0.05, 0.1) is 11.3 Å². The van der Waals surface area contributed by atoms with E-state index in [0.717, 1.165) is 12.8 Å². The maximum Gasteiger partial charge on any atom is 0.341 e. The van der Waals surface area contributed by atoms with Crippen LogP contribution in [-0.4, -0.2) is 38.1 Å². The van der Waals surface area contributed by atoms with Crippen molar-refractivity contribution < 1.29 is 14.3 Å². The molecule has 0 saturated heterocycles. The van der Waals surface area contributed by atoms with Gasteiger partial charge in [-0.15, -0.1) is 5.10 Å². The van der Waals surface area contributed by atoms with Gasteiger partial charge in [0, 0.05) is 11.6 Å². The summed E-state index contributed by atoms with van der Waals surface area (Å²) >= 11 is 0. The second kappa shape index (κ2) is 7.36. The van der Waals surface area contributed by atoms with Crippen molar-refractivity contribution in [3.05, 3.63) is 72.1 Å². The Hall–Kier alpha value is -3.55. The van der Waals surface area contributed by atoms with Crippen molar-refractivity contribution in [3.63, 3.8) is 0 Å². The summed E-state index contributed by atoms with van der Waals surface area (Å²) in [5, 5.41) is 13.9. The van der Waals surface area contributed by atoms with Crippen LogP contribution in [0.4, 0.5) is 0 Å². The van der Waals surface area contributed by atoms with Crippen LogP contribution in [0.2, 0.25) is 0 Å². The number of aromatic nitrogens is 4. The summed E-state index contributed by atoms with van der Waals surface area (Å²) in [7, 11) is 0. The monoisotopic (exact) mass is 363 g/mol. The molecule has 136 valence electrons. The second-order valence-corrected chi connectivity index (χ2v) is 6.25. The largest absolute Gasteiger partial charge is 0.444 e. The van der Waals surface area contributed by atoms with Crippen LogP contribution in [0, 0.1) is 0 Å². The van der Waals surface area contributed by atoms with E-state index in [1.54, 1.807) is 48.5 Å². The third-order valence-corrected chi connectivity index (χ3v) is 4.21. The summed E-state index contributed by atoms with van der Waals surface area (Å²) in [6, 6.07) is 15.9. The summed E-state index contributed by atoms with van der Waals surface area (Å²) in [4.78, 5) is 25.5. The van der Waals surface area contributed by atoms with E-state index in [4.69, 9.17) is 4.74 Å². The first-order valence-corrected chi connectivity index (χ1v) is 8.61. The first-order chi connectivity index (χ1) is 13.2. The van der Waals surface area contributed by atoms with Gasteiger partial charge in [-0.1, -0.05) is 42.5 Å². The molecule has 4 rings (SSSR count). The molecule has 1 aliphatic carbocycles. The predicted octanol–water partition coefficient (Wildman–Crippen LogP) is 1.84. The summed E-state index contributed by atoms with van der Waals surface area (Å²) in [5.74, 6) is -0.946. The zero-order chi connectivity index (χ0) is 18.6. The minimum atomic E-state index is -1.03. The standard InChI is InChI=1S/C19H17N5O3/c25-18(21-14-10-11-14)17(13-6-2-1-3-7-13)27-19(26)15-8-4-5-9-16(15)24-12-20-22-23-24/h1-9,12,14,17H,10-11H2,(H,21,25)/t17-/m1/s1. The van der Waals surface area contributed by atoms with E-state index in [9.17, 15) is 9.59 Å². The minimum absolute atomic E-state index is 0.163. The Labute approximate surface area is 155 Å². The van der Waals surface area contributed by atoms with Crippen molar-refractivity contribution in [2.24, 2.45) is 0 Å². The van der Waals surface area contributed by atoms with E-state index in [1.807, 2.05) is 6.07 Å². The van der Waals surface area contributed by atoms with Crippen molar-refractivity contribution in [2.45, 2.75) is 25.0 Å². The Balaban J connectivity index is 1.61. The van der Waals surface area contributed by atoms with Crippen LogP contribution in [0.3, 0.4) is 0 Å². The fourth-order valence-electron chi connectivity index (χ4n) is 2.69. The summed E-state index contributed by atoms with van der Waals surface area (Å²) in [6.45, 7) is 0. The summed E-state index contributed by atoms with van der Waals surface area (Å²) in [5.41, 5.74) is 1.36. The van der Waals surface area contributed by atoms with Gasteiger partial charge in [0.25, 0.3) is 5.91 Å². The fraction of sp³-hybridized carbons (Fsp3) is 0.211. The van der Waals surface area contributed by atoms with Crippen LogP contribution in [0.5, 0.6) is 0 Å². The Morgan fingerprint density at radius 3 is 2.52 bits per heavy atom. The molecule has 1 saturated carbocycles. The molecule has 2 aromatic carbocycles. The molecule has 0 aliphatic heterocycles. The lowest BCUT2D eigenvalue weighted by Gasteiger charge is -2.18. The van der Waals surface area contributed by atoms with Crippen molar-refractivity contribution >= 4 is 11.9 Å². The molecule has 8 heteroatoms. The van der Waals surface area contributed by atoms with Gasteiger partial charge in [0.1, 0.15) is 6.33 Å². The number of para-hydroxylation sites is 1. The number of hydrogen-bond acceptors (Lipinski definition) is 6. The van der Waals surface area contributed by atoms with Gasteiger partial charge in [-0.25, -0.2) is 4.79 Å². The smallest absolute Gasteiger partial charge is 0.341 e. The molecular weight excluding hydrogens is 346 g/mol. The number of esters is 1. The van der Waals surface area contributed by atoms with Crippen LogP contribution >= 0.6 is 0 Å².